The molecule has 108 valence electrons. The summed E-state index contributed by atoms with van der Waals surface area (Å²) >= 11 is 0. The number of carbonyl (C=O) groups excluding carboxylic acids is 1. The van der Waals surface area contributed by atoms with Crippen LogP contribution in [0.25, 0.3) is 0 Å². The second-order valence-electron chi connectivity index (χ2n) is 4.46. The van der Waals surface area contributed by atoms with Gasteiger partial charge in [0.2, 0.25) is 0 Å². The Morgan fingerprint density at radius 1 is 1.19 bits per heavy atom. The number of carbonyl (C=O) groups is 1. The lowest BCUT2D eigenvalue weighted by atomic mass is 10.1. The number of anilines is 1. The molecule has 0 bridgehead atoms. The van der Waals surface area contributed by atoms with Crippen molar-refractivity contribution in [2.24, 2.45) is 5.10 Å². The van der Waals surface area contributed by atoms with Crippen LogP contribution in [0.3, 0.4) is 0 Å². The summed E-state index contributed by atoms with van der Waals surface area (Å²) in [4.78, 5) is 12.1. The average molecular weight is 283 g/mol. The van der Waals surface area contributed by atoms with E-state index in [2.05, 4.69) is 10.5 Å². The molecule has 0 unspecified atom stereocenters. The van der Waals surface area contributed by atoms with E-state index in [4.69, 9.17) is 10.5 Å². The van der Waals surface area contributed by atoms with Gasteiger partial charge < -0.3 is 10.5 Å². The van der Waals surface area contributed by atoms with Crippen molar-refractivity contribution in [2.75, 3.05) is 12.8 Å². The van der Waals surface area contributed by atoms with Gasteiger partial charge in [-0.3, -0.25) is 4.79 Å². The Balaban J connectivity index is 2.15. The molecule has 0 saturated carbocycles. The molecule has 0 aromatic heterocycles. The van der Waals surface area contributed by atoms with E-state index < -0.39 is 0 Å². The van der Waals surface area contributed by atoms with Crippen molar-refractivity contribution >= 4 is 17.3 Å². The number of nitrogens with one attached hydrogen (secondary N) is 1. The van der Waals surface area contributed by atoms with Gasteiger partial charge in [0.05, 0.1) is 18.4 Å². The van der Waals surface area contributed by atoms with Gasteiger partial charge in [0, 0.05) is 5.69 Å². The molecule has 0 heterocycles. The van der Waals surface area contributed by atoms with Crippen molar-refractivity contribution in [3.8, 4) is 5.75 Å². The number of hydrogen-bond donors (Lipinski definition) is 2. The summed E-state index contributed by atoms with van der Waals surface area (Å²) in [5.74, 6) is 0.183. The third-order valence-electron chi connectivity index (χ3n) is 2.98. The van der Waals surface area contributed by atoms with Crippen molar-refractivity contribution in [3.63, 3.8) is 0 Å². The molecular formula is C16H17N3O2. The minimum Gasteiger partial charge on any atom is -0.496 e. The number of hydrogen-bond acceptors (Lipinski definition) is 4. The van der Waals surface area contributed by atoms with Crippen LogP contribution in [0.2, 0.25) is 0 Å². The molecule has 2 aromatic rings. The summed E-state index contributed by atoms with van der Waals surface area (Å²) in [6.45, 7) is 1.80. The Bertz CT molecular complexity index is 681. The first-order chi connectivity index (χ1) is 10.1. The van der Waals surface area contributed by atoms with Crippen LogP contribution >= 0.6 is 0 Å². The summed E-state index contributed by atoms with van der Waals surface area (Å²) < 4.78 is 5.15. The van der Waals surface area contributed by atoms with Crippen LogP contribution < -0.4 is 15.9 Å². The zero-order chi connectivity index (χ0) is 15.2. The minimum absolute atomic E-state index is 0.323. The second-order valence-corrected chi connectivity index (χ2v) is 4.46. The Labute approximate surface area is 123 Å². The predicted octanol–water partition coefficient (Wildman–Crippen LogP) is 2.43. The van der Waals surface area contributed by atoms with Crippen LogP contribution in [-0.4, -0.2) is 18.7 Å². The number of para-hydroxylation sites is 1. The highest BCUT2D eigenvalue weighted by molar-refractivity contribution is 6.02. The molecule has 2 rings (SSSR count). The van der Waals surface area contributed by atoms with Crippen molar-refractivity contribution in [2.45, 2.75) is 6.92 Å². The number of nitrogen functional groups attached to an aromatic ring is 1. The molecule has 5 heteroatoms. The van der Waals surface area contributed by atoms with Gasteiger partial charge in [0.1, 0.15) is 5.75 Å². The quantitative estimate of drug-likeness (QED) is 0.514. The van der Waals surface area contributed by atoms with Gasteiger partial charge in [0.25, 0.3) is 5.91 Å². The molecule has 0 saturated heterocycles. The third kappa shape index (κ3) is 3.60. The minimum atomic E-state index is -0.323. The van der Waals surface area contributed by atoms with Crippen molar-refractivity contribution in [1.29, 1.82) is 0 Å². The van der Waals surface area contributed by atoms with Gasteiger partial charge >= 0.3 is 0 Å². The van der Waals surface area contributed by atoms with Gasteiger partial charge in [-0.25, -0.2) is 5.43 Å². The number of rotatable bonds is 4. The van der Waals surface area contributed by atoms with Crippen LogP contribution in [0.4, 0.5) is 5.69 Å². The molecule has 3 N–H and O–H groups in total. The first-order valence-corrected chi connectivity index (χ1v) is 6.45. The van der Waals surface area contributed by atoms with Crippen molar-refractivity contribution < 1.29 is 9.53 Å². The number of ether oxygens (including phenoxy) is 1. The zero-order valence-corrected chi connectivity index (χ0v) is 12.0. The van der Waals surface area contributed by atoms with E-state index in [1.807, 2.05) is 12.1 Å². The summed E-state index contributed by atoms with van der Waals surface area (Å²) in [6, 6.07) is 14.3. The van der Waals surface area contributed by atoms with E-state index in [1.165, 1.54) is 7.11 Å². The van der Waals surface area contributed by atoms with Gasteiger partial charge in [-0.2, -0.15) is 5.10 Å². The molecule has 0 atom stereocenters. The molecule has 0 aliphatic rings. The summed E-state index contributed by atoms with van der Waals surface area (Å²) in [7, 11) is 1.52. The maximum atomic E-state index is 12.1. The van der Waals surface area contributed by atoms with E-state index in [-0.39, 0.29) is 5.91 Å². The normalized spacial score (nSPS) is 11.0. The van der Waals surface area contributed by atoms with Crippen molar-refractivity contribution in [1.82, 2.24) is 5.43 Å². The van der Waals surface area contributed by atoms with E-state index in [9.17, 15) is 4.79 Å². The van der Waals surface area contributed by atoms with Gasteiger partial charge in [0.15, 0.2) is 0 Å². The molecule has 5 nitrogen and oxygen atoms in total. The predicted molar refractivity (Wildman–Crippen MR) is 83.5 cm³/mol. The first-order valence-electron chi connectivity index (χ1n) is 6.45. The molecular weight excluding hydrogens is 266 g/mol. The third-order valence-corrected chi connectivity index (χ3v) is 2.98. The highest BCUT2D eigenvalue weighted by Gasteiger charge is 2.10. The molecule has 0 spiro atoms. The highest BCUT2D eigenvalue weighted by Crippen LogP contribution is 2.16. The van der Waals surface area contributed by atoms with Crippen LogP contribution in [0, 0.1) is 0 Å². The largest absolute Gasteiger partial charge is 0.496 e. The summed E-state index contributed by atoms with van der Waals surface area (Å²) in [6.07, 6.45) is 0. The standard InChI is InChI=1S/C16H17N3O2/c1-11(12-6-5-7-13(17)10-12)18-19-16(20)14-8-3-4-9-15(14)21-2/h3-10H,17H2,1-2H3,(H,19,20)/b18-11+. The molecule has 1 amide bonds. The molecule has 21 heavy (non-hydrogen) atoms. The van der Waals surface area contributed by atoms with E-state index in [0.29, 0.717) is 22.7 Å². The topological polar surface area (TPSA) is 76.7 Å². The van der Waals surface area contributed by atoms with Crippen LogP contribution in [0.15, 0.2) is 53.6 Å². The lowest BCUT2D eigenvalue weighted by molar-refractivity contribution is 0.0952. The fraction of sp³-hybridized carbons (Fsp3) is 0.125. The molecule has 0 aliphatic heterocycles. The summed E-state index contributed by atoms with van der Waals surface area (Å²) in [5.41, 5.74) is 10.9. The average Bonchev–Trinajstić information content (AvgIpc) is 2.52. The maximum Gasteiger partial charge on any atom is 0.275 e. The number of nitrogens with zero attached hydrogens (tertiary/aromatic N) is 1. The van der Waals surface area contributed by atoms with Crippen LogP contribution in [-0.2, 0) is 0 Å². The molecule has 0 fully saturated rings. The fourth-order valence-corrected chi connectivity index (χ4v) is 1.86. The molecule has 2 aromatic carbocycles. The Hall–Kier alpha value is -2.82. The van der Waals surface area contributed by atoms with Gasteiger partial charge in [-0.15, -0.1) is 0 Å². The Morgan fingerprint density at radius 3 is 2.67 bits per heavy atom. The Kier molecular flexibility index (Phi) is 4.56. The number of methoxy groups -OCH3 is 1. The fourth-order valence-electron chi connectivity index (χ4n) is 1.86. The first kappa shape index (κ1) is 14.6. The SMILES string of the molecule is COc1ccccc1C(=O)N/N=C(\C)c1cccc(N)c1. The van der Waals surface area contributed by atoms with Crippen LogP contribution in [0.1, 0.15) is 22.8 Å². The van der Waals surface area contributed by atoms with Gasteiger partial charge in [-0.05, 0) is 36.8 Å². The molecule has 0 aliphatic carbocycles. The highest BCUT2D eigenvalue weighted by atomic mass is 16.5. The number of amides is 1. The van der Waals surface area contributed by atoms with Crippen LogP contribution in [0.5, 0.6) is 5.75 Å². The van der Waals surface area contributed by atoms with E-state index in [1.54, 1.807) is 43.3 Å². The van der Waals surface area contributed by atoms with E-state index >= 15 is 0 Å². The zero-order valence-electron chi connectivity index (χ0n) is 12.0. The van der Waals surface area contributed by atoms with Crippen molar-refractivity contribution in [3.05, 3.63) is 59.7 Å². The maximum absolute atomic E-state index is 12.1. The smallest absolute Gasteiger partial charge is 0.275 e. The molecule has 0 radical (unpaired) electrons. The number of nitrogens with two attached hydrogens (primary N) is 1. The summed E-state index contributed by atoms with van der Waals surface area (Å²) in [5, 5.41) is 4.09. The monoisotopic (exact) mass is 283 g/mol. The van der Waals surface area contributed by atoms with Gasteiger partial charge in [-0.1, -0.05) is 24.3 Å². The van der Waals surface area contributed by atoms with E-state index in [0.717, 1.165) is 5.56 Å². The number of benzene rings is 2. The second kappa shape index (κ2) is 6.56. The lowest BCUT2D eigenvalue weighted by Gasteiger charge is -2.07. The Morgan fingerprint density at radius 2 is 1.95 bits per heavy atom. The number of hydrazone groups is 1. The lowest BCUT2D eigenvalue weighted by Crippen LogP contribution is -2.20.